The van der Waals surface area contributed by atoms with E-state index >= 15 is 0 Å². The number of rotatable bonds is 6. The van der Waals surface area contributed by atoms with E-state index < -0.39 is 10.1 Å². The van der Waals surface area contributed by atoms with E-state index in [9.17, 15) is 8.42 Å². The van der Waals surface area contributed by atoms with Crippen molar-refractivity contribution in [2.45, 2.75) is 24.7 Å². The smallest absolute Gasteiger partial charge is 0.266 e. The number of nitrogens with zero attached hydrogens (tertiary/aromatic N) is 1. The minimum atomic E-state index is -3.71. The van der Waals surface area contributed by atoms with Crippen molar-refractivity contribution in [2.75, 3.05) is 6.61 Å². The Hall–Kier alpha value is -2.16. The maximum Gasteiger partial charge on any atom is 0.296 e. The standard InChI is InChI=1S/C17H17NO3S/c1-14-2-8-17(9-3-14)22(19,20)21-13-11-16-6-4-15(5-7-16)10-12-18/h2-9H,10-11,13H2,1H3. The normalized spacial score (nSPS) is 11.1. The molecule has 2 rings (SSSR count). The van der Waals surface area contributed by atoms with Crippen LogP contribution in [0.4, 0.5) is 0 Å². The number of nitriles is 1. The van der Waals surface area contributed by atoms with Gasteiger partial charge in [0.05, 0.1) is 24.0 Å². The fraction of sp³-hybridized carbons (Fsp3) is 0.235. The van der Waals surface area contributed by atoms with Crippen LogP contribution in [0.5, 0.6) is 0 Å². The summed E-state index contributed by atoms with van der Waals surface area (Å²) >= 11 is 0. The molecule has 2 aromatic rings. The molecule has 0 atom stereocenters. The zero-order valence-electron chi connectivity index (χ0n) is 12.3. The summed E-state index contributed by atoms with van der Waals surface area (Å²) in [5.74, 6) is 0. The highest BCUT2D eigenvalue weighted by Crippen LogP contribution is 2.14. The van der Waals surface area contributed by atoms with E-state index in [1.807, 2.05) is 31.2 Å². The lowest BCUT2D eigenvalue weighted by molar-refractivity contribution is 0.322. The summed E-state index contributed by atoms with van der Waals surface area (Å²) in [6, 6.07) is 16.2. The van der Waals surface area contributed by atoms with Crippen molar-refractivity contribution in [1.82, 2.24) is 0 Å². The molecule has 0 bridgehead atoms. The fourth-order valence-corrected chi connectivity index (χ4v) is 2.87. The molecular weight excluding hydrogens is 298 g/mol. The SMILES string of the molecule is Cc1ccc(S(=O)(=O)OCCc2ccc(CC#N)cc2)cc1. The number of hydrogen-bond donors (Lipinski definition) is 0. The zero-order chi connectivity index (χ0) is 16.0. The molecule has 114 valence electrons. The van der Waals surface area contributed by atoms with Crippen LogP contribution in [0.25, 0.3) is 0 Å². The maximum atomic E-state index is 12.0. The highest BCUT2D eigenvalue weighted by molar-refractivity contribution is 7.86. The molecule has 0 fully saturated rings. The predicted octanol–water partition coefficient (Wildman–Crippen LogP) is 3.01. The van der Waals surface area contributed by atoms with Crippen molar-refractivity contribution >= 4 is 10.1 Å². The first kappa shape index (κ1) is 16.2. The van der Waals surface area contributed by atoms with Crippen molar-refractivity contribution in [2.24, 2.45) is 0 Å². The van der Waals surface area contributed by atoms with Gasteiger partial charge in [0, 0.05) is 0 Å². The lowest BCUT2D eigenvalue weighted by Crippen LogP contribution is -2.09. The van der Waals surface area contributed by atoms with E-state index in [-0.39, 0.29) is 11.5 Å². The van der Waals surface area contributed by atoms with E-state index in [0.29, 0.717) is 12.8 Å². The Morgan fingerprint density at radius 2 is 1.59 bits per heavy atom. The first-order valence-electron chi connectivity index (χ1n) is 6.92. The van der Waals surface area contributed by atoms with Crippen molar-refractivity contribution < 1.29 is 12.6 Å². The molecule has 0 spiro atoms. The first-order valence-corrected chi connectivity index (χ1v) is 8.33. The van der Waals surface area contributed by atoms with Crippen LogP contribution in [0.15, 0.2) is 53.4 Å². The Balaban J connectivity index is 1.92. The lowest BCUT2D eigenvalue weighted by Gasteiger charge is -2.06. The highest BCUT2D eigenvalue weighted by Gasteiger charge is 2.14. The van der Waals surface area contributed by atoms with Gasteiger partial charge in [0.15, 0.2) is 0 Å². The number of benzene rings is 2. The van der Waals surface area contributed by atoms with Gasteiger partial charge in [-0.05, 0) is 36.6 Å². The summed E-state index contributed by atoms with van der Waals surface area (Å²) in [6.07, 6.45) is 0.872. The topological polar surface area (TPSA) is 67.2 Å². The van der Waals surface area contributed by atoms with Crippen LogP contribution < -0.4 is 0 Å². The van der Waals surface area contributed by atoms with Crippen molar-refractivity contribution in [1.29, 1.82) is 5.26 Å². The Kier molecular flexibility index (Phi) is 5.31. The Labute approximate surface area is 131 Å². The molecule has 0 N–H and O–H groups in total. The van der Waals surface area contributed by atoms with Gasteiger partial charge in [0.1, 0.15) is 0 Å². The van der Waals surface area contributed by atoms with Crippen LogP contribution in [-0.4, -0.2) is 15.0 Å². The molecule has 22 heavy (non-hydrogen) atoms. The van der Waals surface area contributed by atoms with Gasteiger partial charge in [-0.1, -0.05) is 42.0 Å². The summed E-state index contributed by atoms with van der Waals surface area (Å²) in [5, 5.41) is 8.61. The predicted molar refractivity (Wildman–Crippen MR) is 83.8 cm³/mol. The largest absolute Gasteiger partial charge is 0.296 e. The Bertz CT molecular complexity index is 757. The van der Waals surface area contributed by atoms with Crippen LogP contribution in [0.2, 0.25) is 0 Å². The third-order valence-corrected chi connectivity index (χ3v) is 4.57. The monoisotopic (exact) mass is 315 g/mol. The van der Waals surface area contributed by atoms with E-state index in [0.717, 1.165) is 16.7 Å². The summed E-state index contributed by atoms with van der Waals surface area (Å²) in [6.45, 7) is 1.99. The summed E-state index contributed by atoms with van der Waals surface area (Å²) < 4.78 is 29.1. The Morgan fingerprint density at radius 3 is 2.18 bits per heavy atom. The minimum Gasteiger partial charge on any atom is -0.266 e. The molecular formula is C17H17NO3S. The molecule has 0 amide bonds. The zero-order valence-corrected chi connectivity index (χ0v) is 13.1. The van der Waals surface area contributed by atoms with Crippen LogP contribution in [0.3, 0.4) is 0 Å². The second-order valence-corrected chi connectivity index (χ2v) is 6.61. The second kappa shape index (κ2) is 7.21. The highest BCUT2D eigenvalue weighted by atomic mass is 32.2. The fourth-order valence-electron chi connectivity index (χ4n) is 1.96. The Morgan fingerprint density at radius 1 is 1.00 bits per heavy atom. The first-order chi connectivity index (χ1) is 10.5. The summed E-state index contributed by atoms with van der Waals surface area (Å²) in [7, 11) is -3.71. The molecule has 0 aliphatic rings. The average Bonchev–Trinajstić information content (AvgIpc) is 2.50. The van der Waals surface area contributed by atoms with Crippen LogP contribution >= 0.6 is 0 Å². The molecule has 2 aromatic carbocycles. The van der Waals surface area contributed by atoms with E-state index in [1.165, 1.54) is 0 Å². The molecule has 0 radical (unpaired) electrons. The van der Waals surface area contributed by atoms with Gasteiger partial charge in [-0.15, -0.1) is 0 Å². The van der Waals surface area contributed by atoms with Gasteiger partial charge >= 0.3 is 0 Å². The maximum absolute atomic E-state index is 12.0. The molecule has 0 saturated heterocycles. The van der Waals surface area contributed by atoms with Gasteiger partial charge < -0.3 is 0 Å². The van der Waals surface area contributed by atoms with E-state index in [1.54, 1.807) is 24.3 Å². The molecule has 0 unspecified atom stereocenters. The van der Waals surface area contributed by atoms with Crippen LogP contribution in [0, 0.1) is 18.3 Å². The molecule has 0 saturated carbocycles. The molecule has 4 nitrogen and oxygen atoms in total. The van der Waals surface area contributed by atoms with E-state index in [2.05, 4.69) is 6.07 Å². The molecule has 0 aliphatic heterocycles. The number of hydrogen-bond acceptors (Lipinski definition) is 4. The van der Waals surface area contributed by atoms with Crippen LogP contribution in [0.1, 0.15) is 16.7 Å². The molecule has 0 heterocycles. The van der Waals surface area contributed by atoms with Crippen molar-refractivity contribution in [3.8, 4) is 6.07 Å². The quantitative estimate of drug-likeness (QED) is 0.769. The van der Waals surface area contributed by atoms with Gasteiger partial charge in [-0.2, -0.15) is 13.7 Å². The molecule has 0 aliphatic carbocycles. The number of aryl methyl sites for hydroxylation is 1. The van der Waals surface area contributed by atoms with E-state index in [4.69, 9.17) is 9.44 Å². The second-order valence-electron chi connectivity index (χ2n) is 4.99. The van der Waals surface area contributed by atoms with Crippen molar-refractivity contribution in [3.63, 3.8) is 0 Å². The molecule has 0 aromatic heterocycles. The van der Waals surface area contributed by atoms with Gasteiger partial charge in [0.25, 0.3) is 10.1 Å². The molecule has 5 heteroatoms. The van der Waals surface area contributed by atoms with Crippen molar-refractivity contribution in [3.05, 3.63) is 65.2 Å². The average molecular weight is 315 g/mol. The lowest BCUT2D eigenvalue weighted by atomic mass is 10.1. The third kappa shape index (κ3) is 4.42. The van der Waals surface area contributed by atoms with Gasteiger partial charge in [0.2, 0.25) is 0 Å². The summed E-state index contributed by atoms with van der Waals surface area (Å²) in [4.78, 5) is 0.169. The minimum absolute atomic E-state index is 0.0911. The van der Waals surface area contributed by atoms with Crippen LogP contribution in [-0.2, 0) is 27.1 Å². The third-order valence-electron chi connectivity index (χ3n) is 3.25. The summed E-state index contributed by atoms with van der Waals surface area (Å²) in [5.41, 5.74) is 2.91. The van der Waals surface area contributed by atoms with Gasteiger partial charge in [-0.25, -0.2) is 0 Å². The van der Waals surface area contributed by atoms with Gasteiger partial charge in [-0.3, -0.25) is 4.18 Å².